The van der Waals surface area contributed by atoms with Crippen molar-refractivity contribution in [2.24, 2.45) is 0 Å². The van der Waals surface area contributed by atoms with Gasteiger partial charge in [-0.05, 0) is 217 Å². The summed E-state index contributed by atoms with van der Waals surface area (Å²) in [5, 5.41) is 16.1. The molecule has 0 fully saturated rings. The minimum Gasteiger partial charge on any atom is -0.228 e. The van der Waals surface area contributed by atoms with E-state index in [-0.39, 0.29) is 10.8 Å². The normalized spacial score (nSPS) is 13.3. The predicted octanol–water partition coefficient (Wildman–Crippen LogP) is 34.7. The van der Waals surface area contributed by atoms with Crippen LogP contribution in [0.1, 0.15) is 66.8 Å². The van der Waals surface area contributed by atoms with Gasteiger partial charge < -0.3 is 0 Å². The largest absolute Gasteiger partial charge is 0.228 e. The van der Waals surface area contributed by atoms with Crippen molar-refractivity contribution in [1.82, 2.24) is 29.9 Å². The molecule has 0 saturated carbocycles. The highest BCUT2D eigenvalue weighted by Crippen LogP contribution is 2.67. The molecule has 0 saturated heterocycles. The zero-order valence-electron chi connectivity index (χ0n) is 79.8. The van der Waals surface area contributed by atoms with Gasteiger partial charge in [-0.2, -0.15) is 0 Å². The van der Waals surface area contributed by atoms with E-state index in [1.54, 1.807) is 0 Å². The van der Waals surface area contributed by atoms with Gasteiger partial charge in [0.15, 0.2) is 17.5 Å². The molecule has 32 rings (SSSR count). The first-order valence-corrected chi connectivity index (χ1v) is 50.7. The molecule has 680 valence electrons. The maximum Gasteiger partial charge on any atom is 0.161 e. The summed E-state index contributed by atoms with van der Waals surface area (Å²) in [6.45, 7) is 0. The van der Waals surface area contributed by atoms with Gasteiger partial charge in [-0.1, -0.05) is 491 Å². The number of hydrogen-bond donors (Lipinski definition) is 0. The molecular weight excluding hydrogens is 1780 g/mol. The fourth-order valence-corrected chi connectivity index (χ4v) is 25.8. The first-order chi connectivity index (χ1) is 72.9. The SMILES string of the molecule is c1ccc(-c2cc(-c3ccc(-c4ccc5c(c4)-c4ccccc4C54c5cccc6ccc7cccc4c7c56)cc3)nc(-c3ccccc3)n2)cc1.c1ccc(-c2cc(-c3ccc(-c4ccc5c(c4)C4(c6ccccc6-5)c5cccc6ccc7cccc4c7c56)cc3)nc(-c3ccccc3)n2)cc1.c1ccc(-c2cc(-c3ccccc3)nc(-c3cccc4c3-c3ccccc3C43c4cccc5ccc6cccc3c6c45)n2)cc1. The second-order valence-corrected chi connectivity index (χ2v) is 39.5. The Morgan fingerprint density at radius 1 is 0.116 bits per heavy atom. The Bertz CT molecular complexity index is 9600. The minimum atomic E-state index is -0.413. The summed E-state index contributed by atoms with van der Waals surface area (Å²) in [7, 11) is 0. The van der Waals surface area contributed by atoms with E-state index in [4.69, 9.17) is 29.9 Å². The number of nitrogens with zero attached hydrogens (tertiary/aromatic N) is 6. The molecule has 3 spiro atoms. The predicted molar refractivity (Wildman–Crippen MR) is 604 cm³/mol. The Morgan fingerprint density at radius 2 is 0.347 bits per heavy atom. The third kappa shape index (κ3) is 12.6. The molecule has 26 aromatic rings. The van der Waals surface area contributed by atoms with E-state index in [9.17, 15) is 0 Å². The van der Waals surface area contributed by atoms with Crippen LogP contribution in [0.25, 0.3) is 222 Å². The molecule has 0 aliphatic heterocycles. The van der Waals surface area contributed by atoms with Crippen LogP contribution in [-0.2, 0) is 16.2 Å². The van der Waals surface area contributed by atoms with Gasteiger partial charge in [-0.15, -0.1) is 0 Å². The number of hydrogen-bond acceptors (Lipinski definition) is 6. The van der Waals surface area contributed by atoms with Crippen molar-refractivity contribution in [2.45, 2.75) is 16.2 Å². The summed E-state index contributed by atoms with van der Waals surface area (Å²) >= 11 is 0. The molecule has 6 nitrogen and oxygen atoms in total. The number of benzene rings is 23. The lowest BCUT2D eigenvalue weighted by molar-refractivity contribution is 0.797. The molecule has 23 aromatic carbocycles. The Hall–Kier alpha value is -19.1. The lowest BCUT2D eigenvalue weighted by Crippen LogP contribution is -2.26. The van der Waals surface area contributed by atoms with Crippen molar-refractivity contribution >= 4 is 64.6 Å². The molecule has 0 bridgehead atoms. The van der Waals surface area contributed by atoms with Crippen LogP contribution in [0.3, 0.4) is 0 Å². The van der Waals surface area contributed by atoms with Crippen LogP contribution in [0.4, 0.5) is 0 Å². The maximum atomic E-state index is 5.27. The van der Waals surface area contributed by atoms with Gasteiger partial charge in [-0.25, -0.2) is 29.9 Å². The van der Waals surface area contributed by atoms with Crippen molar-refractivity contribution in [3.8, 4) is 157 Å². The molecule has 0 atom stereocenters. The zero-order chi connectivity index (χ0) is 96.6. The van der Waals surface area contributed by atoms with Gasteiger partial charge in [0.2, 0.25) is 0 Å². The fourth-order valence-electron chi connectivity index (χ4n) is 25.8. The molecule has 0 N–H and O–H groups in total. The highest BCUT2D eigenvalue weighted by molar-refractivity contribution is 6.21. The molecule has 6 heteroatoms. The van der Waals surface area contributed by atoms with Crippen LogP contribution in [0.15, 0.2) is 522 Å². The van der Waals surface area contributed by atoms with Crippen LogP contribution in [0.2, 0.25) is 0 Å². The highest BCUT2D eigenvalue weighted by atomic mass is 14.9. The van der Waals surface area contributed by atoms with Crippen molar-refractivity contribution in [3.63, 3.8) is 0 Å². The zero-order valence-corrected chi connectivity index (χ0v) is 79.8. The Labute approximate surface area is 850 Å². The molecule has 6 aliphatic carbocycles. The average Bonchev–Trinajstić information content (AvgIpc) is 1.50. The molecule has 0 radical (unpaired) electrons. The third-order valence-corrected chi connectivity index (χ3v) is 32.0. The standard InChI is InChI=1S/2C49H30N2.C43H26N2/c1-3-11-32(12-4-1)44-30-45(51-48(50-44)36-13-5-2-6-14-36)33-23-21-31(22-24-33)37-27-28-41-39(29-37)38-17-7-8-18-40(38)49(41)42-19-9-15-34-25-26-35-16-10-20-43(49)47(35)46(34)42;1-3-11-32(12-4-1)44-30-45(51-48(50-44)36-13-5-2-6-14-36)33-23-21-31(22-24-33)37-27-28-39-38-17-7-8-18-40(38)49(43(39)29-37)41-19-9-15-34-25-26-35-16-10-20-42(49)47(35)46(34)41;1-3-12-27(13-4-1)37-26-38(28-14-5-2-6-15-28)45-42(44-37)32-19-11-23-36-41(32)31-18-7-8-20-33(31)43(36)34-21-9-16-29-24-25-30-17-10-22-35(43)40(30)39(29)34/h2*1-30H;1-26H. The lowest BCUT2D eigenvalue weighted by atomic mass is 9.70. The van der Waals surface area contributed by atoms with E-state index >= 15 is 0 Å². The van der Waals surface area contributed by atoms with E-state index in [0.717, 1.165) is 102 Å². The van der Waals surface area contributed by atoms with Gasteiger partial charge >= 0.3 is 0 Å². The molecule has 6 aliphatic rings. The maximum absolute atomic E-state index is 5.27. The lowest BCUT2D eigenvalue weighted by Gasteiger charge is -2.31. The molecule has 0 amide bonds. The summed E-state index contributed by atoms with van der Waals surface area (Å²) < 4.78 is 0. The van der Waals surface area contributed by atoms with Gasteiger partial charge in [0.05, 0.1) is 50.4 Å². The van der Waals surface area contributed by atoms with Crippen molar-refractivity contribution in [1.29, 1.82) is 0 Å². The van der Waals surface area contributed by atoms with E-state index in [2.05, 4.69) is 461 Å². The Kier molecular flexibility index (Phi) is 18.8. The van der Waals surface area contributed by atoms with Crippen LogP contribution in [0.5, 0.6) is 0 Å². The minimum absolute atomic E-state index is 0.336. The van der Waals surface area contributed by atoms with Gasteiger partial charge in [0.25, 0.3) is 0 Å². The Balaban J connectivity index is 0.000000102. The summed E-state index contributed by atoms with van der Waals surface area (Å²) in [4.78, 5) is 30.6. The number of fused-ring (bicyclic) bond motifs is 21. The average molecular weight is 1860 g/mol. The van der Waals surface area contributed by atoms with E-state index in [1.807, 2.05) is 60.7 Å². The van der Waals surface area contributed by atoms with Crippen LogP contribution in [0, 0.1) is 0 Å². The van der Waals surface area contributed by atoms with E-state index in [0.29, 0.717) is 0 Å². The van der Waals surface area contributed by atoms with Crippen molar-refractivity contribution < 1.29 is 0 Å². The first kappa shape index (κ1) is 83.6. The van der Waals surface area contributed by atoms with E-state index < -0.39 is 5.41 Å². The monoisotopic (exact) mass is 1860 g/mol. The molecule has 0 unspecified atom stereocenters. The summed E-state index contributed by atoms with van der Waals surface area (Å²) in [6.07, 6.45) is 0. The summed E-state index contributed by atoms with van der Waals surface area (Å²) in [6, 6.07) is 189. The molecule has 3 heterocycles. The summed E-state index contributed by atoms with van der Waals surface area (Å²) in [5.41, 5.74) is 42.7. The van der Waals surface area contributed by atoms with Crippen LogP contribution >= 0.6 is 0 Å². The number of rotatable bonds is 11. The second-order valence-electron chi connectivity index (χ2n) is 39.5. The van der Waals surface area contributed by atoms with Crippen LogP contribution in [-0.4, -0.2) is 29.9 Å². The second kappa shape index (κ2) is 33.0. The molecular formula is C141H86N6. The molecule has 147 heavy (non-hydrogen) atoms. The first-order valence-electron chi connectivity index (χ1n) is 50.7. The van der Waals surface area contributed by atoms with Crippen molar-refractivity contribution in [3.05, 3.63) is 588 Å². The van der Waals surface area contributed by atoms with Crippen molar-refractivity contribution in [2.75, 3.05) is 0 Å². The Morgan fingerprint density at radius 3 is 0.714 bits per heavy atom. The van der Waals surface area contributed by atoms with Gasteiger partial charge in [-0.3, -0.25) is 0 Å². The van der Waals surface area contributed by atoms with E-state index in [1.165, 1.54) is 187 Å². The van der Waals surface area contributed by atoms with Crippen LogP contribution < -0.4 is 0 Å². The fraction of sp³-hybridized carbons (Fsp3) is 0.0213. The molecule has 3 aromatic heterocycles. The van der Waals surface area contributed by atoms with Gasteiger partial charge in [0, 0.05) is 50.1 Å². The topological polar surface area (TPSA) is 77.3 Å². The summed E-state index contributed by atoms with van der Waals surface area (Å²) in [5.74, 6) is 2.19. The quantitative estimate of drug-likeness (QED) is 0.120. The third-order valence-electron chi connectivity index (χ3n) is 32.0. The smallest absolute Gasteiger partial charge is 0.161 e. The van der Waals surface area contributed by atoms with Gasteiger partial charge in [0.1, 0.15) is 0 Å². The highest BCUT2D eigenvalue weighted by Gasteiger charge is 2.55. The number of aromatic nitrogens is 6.